The van der Waals surface area contributed by atoms with Crippen LogP contribution in [-0.4, -0.2) is 18.7 Å². The number of rotatable bonds is 4. The molecule has 0 spiro atoms. The predicted octanol–water partition coefficient (Wildman–Crippen LogP) is 2.09. The Kier molecular flexibility index (Phi) is 3.99. The molecule has 4 nitrogen and oxygen atoms in total. The van der Waals surface area contributed by atoms with Crippen LogP contribution < -0.4 is 4.74 Å². The number of benzene rings is 1. The van der Waals surface area contributed by atoms with Gasteiger partial charge in [0.25, 0.3) is 0 Å². The molecule has 0 bridgehead atoms. The fourth-order valence-electron chi connectivity index (χ4n) is 1.04. The van der Waals surface area contributed by atoms with Gasteiger partial charge in [-0.25, -0.2) is 4.79 Å². The molecule has 17 heavy (non-hydrogen) atoms. The molecule has 0 aliphatic rings. The average Bonchev–Trinajstić information content (AvgIpc) is 2.29. The summed E-state index contributed by atoms with van der Waals surface area (Å²) < 4.78 is 34.8. The van der Waals surface area contributed by atoms with Gasteiger partial charge in [-0.1, -0.05) is 12.1 Å². The number of carbonyl (C=O) groups excluding carboxylic acids is 1. The van der Waals surface area contributed by atoms with Crippen molar-refractivity contribution in [3.8, 4) is 11.8 Å². The van der Waals surface area contributed by atoms with Gasteiger partial charge in [-0.2, -0.15) is 14.0 Å². The Morgan fingerprint density at radius 2 is 2.12 bits per heavy atom. The number of hydrogen-bond donors (Lipinski definition) is 0. The van der Waals surface area contributed by atoms with Gasteiger partial charge in [0.2, 0.25) is 0 Å². The average molecular weight is 241 g/mol. The number of esters is 1. The van der Waals surface area contributed by atoms with Crippen molar-refractivity contribution in [2.75, 3.05) is 6.61 Å². The van der Waals surface area contributed by atoms with Crippen LogP contribution in [0.15, 0.2) is 24.3 Å². The van der Waals surface area contributed by atoms with Crippen molar-refractivity contribution in [2.24, 2.45) is 0 Å². The zero-order valence-corrected chi connectivity index (χ0v) is 8.94. The van der Waals surface area contributed by atoms with Crippen molar-refractivity contribution in [1.29, 1.82) is 5.26 Å². The summed E-state index contributed by atoms with van der Waals surface area (Å²) in [4.78, 5) is 10.9. The van der Waals surface area contributed by atoms with E-state index >= 15 is 0 Å². The minimum absolute atomic E-state index is 0.0866. The van der Waals surface area contributed by atoms with Crippen molar-refractivity contribution < 1.29 is 23.0 Å². The molecule has 0 saturated heterocycles. The van der Waals surface area contributed by atoms with Gasteiger partial charge in [-0.15, -0.1) is 0 Å². The zero-order valence-electron chi connectivity index (χ0n) is 8.94. The predicted molar refractivity (Wildman–Crippen MR) is 53.4 cm³/mol. The molecule has 0 aliphatic heterocycles. The monoisotopic (exact) mass is 241 g/mol. The fraction of sp³-hybridized carbons (Fsp3) is 0.273. The van der Waals surface area contributed by atoms with Crippen molar-refractivity contribution in [1.82, 2.24) is 0 Å². The van der Waals surface area contributed by atoms with E-state index in [1.54, 1.807) is 6.07 Å². The van der Waals surface area contributed by atoms with E-state index in [0.717, 1.165) is 0 Å². The Morgan fingerprint density at radius 1 is 1.47 bits per heavy atom. The van der Waals surface area contributed by atoms with E-state index < -0.39 is 12.1 Å². The molecule has 90 valence electrons. The first kappa shape index (κ1) is 12.9. The lowest BCUT2D eigenvalue weighted by Gasteiger charge is -2.16. The van der Waals surface area contributed by atoms with Crippen LogP contribution in [0.3, 0.4) is 0 Å². The minimum Gasteiger partial charge on any atom is -0.459 e. The van der Waals surface area contributed by atoms with Crippen molar-refractivity contribution in [2.45, 2.75) is 13.0 Å². The molecule has 1 aromatic carbocycles. The van der Waals surface area contributed by atoms with Gasteiger partial charge < -0.3 is 9.47 Å². The normalized spacial score (nSPS) is 10.5. The van der Waals surface area contributed by atoms with E-state index in [-0.39, 0.29) is 17.9 Å². The van der Waals surface area contributed by atoms with Crippen molar-refractivity contribution >= 4 is 5.97 Å². The van der Waals surface area contributed by atoms with E-state index in [2.05, 4.69) is 9.47 Å². The first-order chi connectivity index (χ1) is 8.01. The van der Waals surface area contributed by atoms with Gasteiger partial charge in [-0.3, -0.25) is 0 Å². The zero-order chi connectivity index (χ0) is 12.9. The molecule has 0 N–H and O–H groups in total. The molecule has 0 amide bonds. The molecule has 6 heteroatoms. The van der Waals surface area contributed by atoms with Crippen LogP contribution in [0, 0.1) is 11.3 Å². The summed E-state index contributed by atoms with van der Waals surface area (Å²) >= 11 is 0. The maximum absolute atomic E-state index is 13.2. The summed E-state index contributed by atoms with van der Waals surface area (Å²) in [6.45, 7) is 1.22. The Labute approximate surface area is 96.4 Å². The number of carbonyl (C=O) groups is 1. The third-order valence-corrected chi connectivity index (χ3v) is 1.76. The van der Waals surface area contributed by atoms with Gasteiger partial charge >= 0.3 is 12.1 Å². The third kappa shape index (κ3) is 3.14. The molecule has 1 rings (SSSR count). The van der Waals surface area contributed by atoms with Gasteiger partial charge in [0, 0.05) is 0 Å². The standard InChI is InChI=1S/C11H9F2NO3/c1-2-16-10(15)11(12,13)17-9-6-4-3-5-8(9)7-14/h3-6H,2H2,1H3. The van der Waals surface area contributed by atoms with Crippen LogP contribution in [0.5, 0.6) is 5.75 Å². The second-order valence-corrected chi connectivity index (χ2v) is 2.95. The first-order valence-electron chi connectivity index (χ1n) is 4.74. The molecule has 0 saturated carbocycles. The topological polar surface area (TPSA) is 59.3 Å². The lowest BCUT2D eigenvalue weighted by molar-refractivity contribution is -0.216. The second-order valence-electron chi connectivity index (χ2n) is 2.95. The number of ether oxygens (including phenoxy) is 2. The van der Waals surface area contributed by atoms with Crippen LogP contribution in [-0.2, 0) is 9.53 Å². The highest BCUT2D eigenvalue weighted by molar-refractivity contribution is 5.76. The number of halogens is 2. The largest absolute Gasteiger partial charge is 0.502 e. The van der Waals surface area contributed by atoms with Crippen molar-refractivity contribution in [3.63, 3.8) is 0 Å². The SMILES string of the molecule is CCOC(=O)C(F)(F)Oc1ccccc1C#N. The third-order valence-electron chi connectivity index (χ3n) is 1.76. The van der Waals surface area contributed by atoms with E-state index in [1.807, 2.05) is 0 Å². The summed E-state index contributed by atoms with van der Waals surface area (Å²) in [7, 11) is 0. The fourth-order valence-corrected chi connectivity index (χ4v) is 1.04. The highest BCUT2D eigenvalue weighted by Gasteiger charge is 2.44. The van der Waals surface area contributed by atoms with Crippen LogP contribution >= 0.6 is 0 Å². The lowest BCUT2D eigenvalue weighted by atomic mass is 10.2. The maximum Gasteiger partial charge on any atom is 0.502 e. The number of nitriles is 1. The number of alkyl halides is 2. The second kappa shape index (κ2) is 5.25. The highest BCUT2D eigenvalue weighted by atomic mass is 19.3. The van der Waals surface area contributed by atoms with E-state index in [1.165, 1.54) is 31.2 Å². The molecule has 0 heterocycles. The molecule has 1 aromatic rings. The van der Waals surface area contributed by atoms with Crippen molar-refractivity contribution in [3.05, 3.63) is 29.8 Å². The van der Waals surface area contributed by atoms with Crippen LogP contribution in [0.25, 0.3) is 0 Å². The summed E-state index contributed by atoms with van der Waals surface area (Å²) in [6, 6.07) is 7.06. The quantitative estimate of drug-likeness (QED) is 0.757. The molecular formula is C11H9F2NO3. The van der Waals surface area contributed by atoms with E-state index in [9.17, 15) is 13.6 Å². The maximum atomic E-state index is 13.2. The lowest BCUT2D eigenvalue weighted by Crippen LogP contribution is -2.37. The molecule has 0 unspecified atom stereocenters. The number of para-hydroxylation sites is 1. The van der Waals surface area contributed by atoms with Gasteiger partial charge in [0.15, 0.2) is 0 Å². The molecular weight excluding hydrogens is 232 g/mol. The van der Waals surface area contributed by atoms with E-state index in [4.69, 9.17) is 5.26 Å². The summed E-state index contributed by atoms with van der Waals surface area (Å²) in [5.41, 5.74) is -0.0866. The van der Waals surface area contributed by atoms with Gasteiger partial charge in [0.05, 0.1) is 12.2 Å². The number of hydrogen-bond acceptors (Lipinski definition) is 4. The summed E-state index contributed by atoms with van der Waals surface area (Å²) in [6.07, 6.45) is -4.11. The van der Waals surface area contributed by atoms with Gasteiger partial charge in [-0.05, 0) is 19.1 Å². The highest BCUT2D eigenvalue weighted by Crippen LogP contribution is 2.25. The van der Waals surface area contributed by atoms with Crippen LogP contribution in [0.1, 0.15) is 12.5 Å². The molecule has 0 aliphatic carbocycles. The Bertz CT molecular complexity index is 454. The molecule has 0 atom stereocenters. The minimum atomic E-state index is -4.11. The Hall–Kier alpha value is -2.16. The van der Waals surface area contributed by atoms with Gasteiger partial charge in [0.1, 0.15) is 11.8 Å². The molecule has 0 fully saturated rings. The summed E-state index contributed by atoms with van der Waals surface area (Å²) in [5.74, 6) is -2.15. The molecule has 0 aromatic heterocycles. The number of nitrogens with zero attached hydrogens (tertiary/aromatic N) is 1. The van der Waals surface area contributed by atoms with Crippen LogP contribution in [0.4, 0.5) is 8.78 Å². The van der Waals surface area contributed by atoms with Crippen LogP contribution in [0.2, 0.25) is 0 Å². The summed E-state index contributed by atoms with van der Waals surface area (Å²) in [5, 5.41) is 8.67. The first-order valence-corrected chi connectivity index (χ1v) is 4.74. The molecule has 0 radical (unpaired) electrons. The smallest absolute Gasteiger partial charge is 0.459 e. The Balaban J connectivity index is 2.90. The van der Waals surface area contributed by atoms with E-state index in [0.29, 0.717) is 0 Å². The Morgan fingerprint density at radius 3 is 2.71 bits per heavy atom.